The quantitative estimate of drug-likeness (QED) is 0.837. The van der Waals surface area contributed by atoms with Gasteiger partial charge in [-0.2, -0.15) is 0 Å². The molecule has 0 aromatic heterocycles. The molecule has 0 unspecified atom stereocenters. The van der Waals surface area contributed by atoms with Gasteiger partial charge in [0.05, 0.1) is 12.7 Å². The lowest BCUT2D eigenvalue weighted by atomic mass is 10.1. The van der Waals surface area contributed by atoms with E-state index in [1.54, 1.807) is 18.2 Å². The monoisotopic (exact) mass is 354 g/mol. The van der Waals surface area contributed by atoms with Gasteiger partial charge in [0.25, 0.3) is 0 Å². The van der Waals surface area contributed by atoms with E-state index in [0.717, 1.165) is 11.1 Å². The van der Waals surface area contributed by atoms with Crippen LogP contribution in [-0.2, 0) is 14.3 Å². The standard InChI is InChI=1S/C20H22N2O4/c1-13-8-14(2)10-17(9-13)21-19(24)12-22(15(3)23)18-7-5-6-16(11-18)20(25)26-4/h5-11H,12H2,1-4H3,(H,21,24). The summed E-state index contributed by atoms with van der Waals surface area (Å²) in [6.45, 7) is 5.10. The summed E-state index contributed by atoms with van der Waals surface area (Å²) in [4.78, 5) is 37.4. The summed E-state index contributed by atoms with van der Waals surface area (Å²) in [7, 11) is 1.29. The van der Waals surface area contributed by atoms with E-state index >= 15 is 0 Å². The molecule has 0 aliphatic heterocycles. The Hall–Kier alpha value is -3.15. The number of aryl methyl sites for hydroxylation is 2. The first-order valence-electron chi connectivity index (χ1n) is 8.15. The third-order valence-electron chi connectivity index (χ3n) is 3.77. The van der Waals surface area contributed by atoms with Crippen molar-refractivity contribution in [2.45, 2.75) is 20.8 Å². The van der Waals surface area contributed by atoms with E-state index < -0.39 is 5.97 Å². The zero-order chi connectivity index (χ0) is 19.3. The SMILES string of the molecule is COC(=O)c1cccc(N(CC(=O)Nc2cc(C)cc(C)c2)C(C)=O)c1. The Morgan fingerprint density at radius 1 is 1.04 bits per heavy atom. The molecule has 6 nitrogen and oxygen atoms in total. The van der Waals surface area contributed by atoms with Crippen LogP contribution in [-0.4, -0.2) is 31.4 Å². The summed E-state index contributed by atoms with van der Waals surface area (Å²) in [6.07, 6.45) is 0. The Balaban J connectivity index is 2.19. The van der Waals surface area contributed by atoms with Gasteiger partial charge in [-0.1, -0.05) is 12.1 Å². The summed E-state index contributed by atoms with van der Waals surface area (Å²) in [6, 6.07) is 12.1. The molecule has 0 fully saturated rings. The fourth-order valence-corrected chi connectivity index (χ4v) is 2.69. The van der Waals surface area contributed by atoms with Crippen molar-refractivity contribution in [2.75, 3.05) is 23.9 Å². The van der Waals surface area contributed by atoms with E-state index in [-0.39, 0.29) is 18.4 Å². The predicted molar refractivity (Wildman–Crippen MR) is 100 cm³/mol. The fourth-order valence-electron chi connectivity index (χ4n) is 2.69. The van der Waals surface area contributed by atoms with E-state index in [0.29, 0.717) is 16.9 Å². The molecular weight excluding hydrogens is 332 g/mol. The molecule has 2 amide bonds. The van der Waals surface area contributed by atoms with Crippen LogP contribution in [0.1, 0.15) is 28.4 Å². The lowest BCUT2D eigenvalue weighted by molar-refractivity contribution is -0.120. The zero-order valence-corrected chi connectivity index (χ0v) is 15.3. The molecule has 136 valence electrons. The first-order chi connectivity index (χ1) is 12.3. The molecule has 0 aliphatic rings. The second-order valence-electron chi connectivity index (χ2n) is 6.07. The van der Waals surface area contributed by atoms with E-state index in [4.69, 9.17) is 4.74 Å². The van der Waals surface area contributed by atoms with Crippen LogP contribution in [0.5, 0.6) is 0 Å². The van der Waals surface area contributed by atoms with Gasteiger partial charge in [-0.15, -0.1) is 0 Å². The van der Waals surface area contributed by atoms with E-state index in [1.807, 2.05) is 32.0 Å². The number of nitrogens with zero attached hydrogens (tertiary/aromatic N) is 1. The molecule has 2 aromatic rings. The number of hydrogen-bond donors (Lipinski definition) is 1. The number of carbonyl (C=O) groups excluding carboxylic acids is 3. The average Bonchev–Trinajstić information content (AvgIpc) is 2.57. The third-order valence-corrected chi connectivity index (χ3v) is 3.77. The maximum Gasteiger partial charge on any atom is 0.337 e. The van der Waals surface area contributed by atoms with E-state index in [1.165, 1.54) is 25.0 Å². The first kappa shape index (κ1) is 19.2. The van der Waals surface area contributed by atoms with Crippen LogP contribution in [0.15, 0.2) is 42.5 Å². The Labute approximate surface area is 152 Å². The van der Waals surface area contributed by atoms with Crippen molar-refractivity contribution in [3.63, 3.8) is 0 Å². The van der Waals surface area contributed by atoms with Crippen molar-refractivity contribution in [1.29, 1.82) is 0 Å². The number of anilines is 2. The topological polar surface area (TPSA) is 75.7 Å². The van der Waals surface area contributed by atoms with Crippen LogP contribution in [0.3, 0.4) is 0 Å². The van der Waals surface area contributed by atoms with Crippen LogP contribution in [0.2, 0.25) is 0 Å². The van der Waals surface area contributed by atoms with Crippen LogP contribution in [0, 0.1) is 13.8 Å². The van der Waals surface area contributed by atoms with Crippen molar-refractivity contribution in [3.05, 3.63) is 59.2 Å². The summed E-state index contributed by atoms with van der Waals surface area (Å²) in [5, 5.41) is 2.80. The molecule has 1 N–H and O–H groups in total. The summed E-state index contributed by atoms with van der Waals surface area (Å²) in [5.41, 5.74) is 3.52. The number of methoxy groups -OCH3 is 1. The van der Waals surface area contributed by atoms with Crippen molar-refractivity contribution >= 4 is 29.2 Å². The molecule has 0 heterocycles. The minimum Gasteiger partial charge on any atom is -0.465 e. The second-order valence-corrected chi connectivity index (χ2v) is 6.07. The Kier molecular flexibility index (Phi) is 6.11. The normalized spacial score (nSPS) is 10.2. The number of hydrogen-bond acceptors (Lipinski definition) is 4. The van der Waals surface area contributed by atoms with E-state index in [2.05, 4.69) is 5.32 Å². The number of ether oxygens (including phenoxy) is 1. The Morgan fingerprint density at radius 3 is 2.27 bits per heavy atom. The smallest absolute Gasteiger partial charge is 0.337 e. The number of nitrogens with one attached hydrogen (secondary N) is 1. The van der Waals surface area contributed by atoms with E-state index in [9.17, 15) is 14.4 Å². The minimum atomic E-state index is -0.505. The van der Waals surface area contributed by atoms with Crippen molar-refractivity contribution < 1.29 is 19.1 Å². The van der Waals surface area contributed by atoms with Gasteiger partial charge < -0.3 is 15.0 Å². The number of esters is 1. The van der Waals surface area contributed by atoms with Crippen LogP contribution < -0.4 is 10.2 Å². The number of benzene rings is 2. The van der Waals surface area contributed by atoms with Crippen LogP contribution >= 0.6 is 0 Å². The molecule has 26 heavy (non-hydrogen) atoms. The molecule has 0 saturated carbocycles. The molecule has 0 radical (unpaired) electrons. The van der Waals surface area contributed by atoms with Gasteiger partial charge in [-0.3, -0.25) is 9.59 Å². The molecule has 0 atom stereocenters. The Morgan fingerprint density at radius 2 is 1.69 bits per heavy atom. The van der Waals surface area contributed by atoms with Crippen LogP contribution in [0.4, 0.5) is 11.4 Å². The molecule has 0 saturated heterocycles. The first-order valence-corrected chi connectivity index (χ1v) is 8.15. The highest BCUT2D eigenvalue weighted by atomic mass is 16.5. The largest absolute Gasteiger partial charge is 0.465 e. The van der Waals surface area contributed by atoms with Gasteiger partial charge >= 0.3 is 5.97 Å². The maximum atomic E-state index is 12.4. The van der Waals surface area contributed by atoms with Crippen molar-refractivity contribution in [2.24, 2.45) is 0 Å². The summed E-state index contributed by atoms with van der Waals surface area (Å²) in [5.74, 6) is -1.13. The Bertz CT molecular complexity index is 825. The summed E-state index contributed by atoms with van der Waals surface area (Å²) < 4.78 is 4.69. The lowest BCUT2D eigenvalue weighted by Crippen LogP contribution is -2.36. The number of carbonyl (C=O) groups is 3. The van der Waals surface area contributed by atoms with Gasteiger partial charge in [-0.05, 0) is 55.3 Å². The number of amides is 2. The van der Waals surface area contributed by atoms with Gasteiger partial charge in [0.15, 0.2) is 0 Å². The molecule has 6 heteroatoms. The zero-order valence-electron chi connectivity index (χ0n) is 15.3. The average molecular weight is 354 g/mol. The third kappa shape index (κ3) is 4.92. The van der Waals surface area contributed by atoms with Gasteiger partial charge in [0, 0.05) is 18.3 Å². The molecule has 0 aliphatic carbocycles. The molecule has 0 bridgehead atoms. The highest BCUT2D eigenvalue weighted by molar-refractivity contribution is 6.02. The maximum absolute atomic E-state index is 12.4. The highest BCUT2D eigenvalue weighted by Crippen LogP contribution is 2.18. The fraction of sp³-hybridized carbons (Fsp3) is 0.250. The molecule has 2 rings (SSSR count). The van der Waals surface area contributed by atoms with Gasteiger partial charge in [-0.25, -0.2) is 4.79 Å². The molecule has 0 spiro atoms. The van der Waals surface area contributed by atoms with Gasteiger partial charge in [0.2, 0.25) is 11.8 Å². The van der Waals surface area contributed by atoms with Gasteiger partial charge in [0.1, 0.15) is 6.54 Å². The predicted octanol–water partition coefficient (Wildman–Crippen LogP) is 3.08. The molecule has 2 aromatic carbocycles. The minimum absolute atomic E-state index is 0.160. The van der Waals surface area contributed by atoms with Crippen molar-refractivity contribution in [1.82, 2.24) is 0 Å². The number of rotatable bonds is 5. The van der Waals surface area contributed by atoms with Crippen LogP contribution in [0.25, 0.3) is 0 Å². The van der Waals surface area contributed by atoms with Crippen molar-refractivity contribution in [3.8, 4) is 0 Å². The lowest BCUT2D eigenvalue weighted by Gasteiger charge is -2.21. The second kappa shape index (κ2) is 8.29. The molecular formula is C20H22N2O4. The highest BCUT2D eigenvalue weighted by Gasteiger charge is 2.17. The summed E-state index contributed by atoms with van der Waals surface area (Å²) >= 11 is 0.